The molecular weight excluding hydrogens is 500 g/mol. The summed E-state index contributed by atoms with van der Waals surface area (Å²) >= 11 is 4.84. The van der Waals surface area contributed by atoms with E-state index in [9.17, 15) is 4.79 Å². The van der Waals surface area contributed by atoms with Gasteiger partial charge >= 0.3 is 0 Å². The summed E-state index contributed by atoms with van der Waals surface area (Å²) in [5.41, 5.74) is 4.69. The van der Waals surface area contributed by atoms with Crippen LogP contribution in [-0.2, 0) is 4.79 Å². The second kappa shape index (κ2) is 10.2. The predicted molar refractivity (Wildman–Crippen MR) is 136 cm³/mol. The summed E-state index contributed by atoms with van der Waals surface area (Å²) in [6, 6.07) is 21.5. The minimum atomic E-state index is -0.0981. The van der Waals surface area contributed by atoms with Gasteiger partial charge in [0.15, 0.2) is 11.0 Å². The third-order valence-electron chi connectivity index (χ3n) is 5.09. The van der Waals surface area contributed by atoms with Gasteiger partial charge in [0.05, 0.1) is 12.9 Å². The molecule has 0 saturated carbocycles. The van der Waals surface area contributed by atoms with Gasteiger partial charge in [0.1, 0.15) is 5.75 Å². The molecule has 0 spiro atoms. The van der Waals surface area contributed by atoms with Gasteiger partial charge in [-0.3, -0.25) is 9.36 Å². The van der Waals surface area contributed by atoms with Gasteiger partial charge in [-0.2, -0.15) is 0 Å². The molecule has 1 aromatic heterocycles. The SMILES string of the molecule is COc1ccc(-n2c(SCC(=O)Nc3c(C)cc(Br)cc3C)nnc2-c2ccccc2)cc1. The molecule has 0 fully saturated rings. The van der Waals surface area contributed by atoms with Crippen LogP contribution in [0.2, 0.25) is 0 Å². The van der Waals surface area contributed by atoms with E-state index in [2.05, 4.69) is 31.4 Å². The van der Waals surface area contributed by atoms with Crippen LogP contribution >= 0.6 is 27.7 Å². The second-order valence-corrected chi connectivity index (χ2v) is 9.32. The number of halogens is 1. The highest BCUT2D eigenvalue weighted by Crippen LogP contribution is 2.30. The summed E-state index contributed by atoms with van der Waals surface area (Å²) in [5, 5.41) is 12.5. The smallest absolute Gasteiger partial charge is 0.234 e. The molecule has 0 unspecified atom stereocenters. The van der Waals surface area contributed by atoms with Crippen molar-refractivity contribution in [2.24, 2.45) is 0 Å². The number of carbonyl (C=O) groups excluding carboxylic acids is 1. The van der Waals surface area contributed by atoms with Crippen molar-refractivity contribution in [3.63, 3.8) is 0 Å². The minimum Gasteiger partial charge on any atom is -0.497 e. The van der Waals surface area contributed by atoms with E-state index in [1.54, 1.807) is 7.11 Å². The molecule has 0 aliphatic carbocycles. The number of aryl methyl sites for hydroxylation is 2. The molecule has 33 heavy (non-hydrogen) atoms. The van der Waals surface area contributed by atoms with Gasteiger partial charge in [-0.05, 0) is 61.4 Å². The van der Waals surface area contributed by atoms with Gasteiger partial charge < -0.3 is 10.1 Å². The number of methoxy groups -OCH3 is 1. The molecule has 1 heterocycles. The van der Waals surface area contributed by atoms with Crippen LogP contribution in [0, 0.1) is 13.8 Å². The summed E-state index contributed by atoms with van der Waals surface area (Å²) in [7, 11) is 1.64. The van der Waals surface area contributed by atoms with Crippen molar-refractivity contribution in [3.05, 3.63) is 82.3 Å². The number of hydrogen-bond acceptors (Lipinski definition) is 5. The maximum absolute atomic E-state index is 12.8. The van der Waals surface area contributed by atoms with Crippen molar-refractivity contribution in [2.45, 2.75) is 19.0 Å². The number of thioether (sulfide) groups is 1. The molecular formula is C25H23BrN4O2S. The van der Waals surface area contributed by atoms with Crippen LogP contribution < -0.4 is 10.1 Å². The van der Waals surface area contributed by atoms with Crippen LogP contribution in [0.1, 0.15) is 11.1 Å². The number of hydrogen-bond donors (Lipinski definition) is 1. The lowest BCUT2D eigenvalue weighted by Gasteiger charge is -2.13. The van der Waals surface area contributed by atoms with Gasteiger partial charge in [0.2, 0.25) is 5.91 Å². The van der Waals surface area contributed by atoms with Crippen molar-refractivity contribution < 1.29 is 9.53 Å². The van der Waals surface area contributed by atoms with Crippen molar-refractivity contribution >= 4 is 39.3 Å². The van der Waals surface area contributed by atoms with Crippen LogP contribution in [0.5, 0.6) is 5.75 Å². The van der Waals surface area contributed by atoms with Crippen LogP contribution in [0.25, 0.3) is 17.1 Å². The topological polar surface area (TPSA) is 69.0 Å². The zero-order chi connectivity index (χ0) is 23.4. The second-order valence-electron chi connectivity index (χ2n) is 7.46. The number of ether oxygens (including phenoxy) is 1. The molecule has 4 aromatic rings. The number of anilines is 1. The molecule has 168 valence electrons. The number of amides is 1. The maximum atomic E-state index is 12.8. The van der Waals surface area contributed by atoms with Gasteiger partial charge in [-0.1, -0.05) is 58.0 Å². The Morgan fingerprint density at radius 1 is 1.03 bits per heavy atom. The average Bonchev–Trinajstić information content (AvgIpc) is 3.24. The van der Waals surface area contributed by atoms with E-state index < -0.39 is 0 Å². The zero-order valence-corrected chi connectivity index (χ0v) is 20.9. The van der Waals surface area contributed by atoms with E-state index >= 15 is 0 Å². The molecule has 1 amide bonds. The van der Waals surface area contributed by atoms with Crippen LogP contribution in [0.15, 0.2) is 76.4 Å². The number of nitrogens with one attached hydrogen (secondary N) is 1. The molecule has 3 aromatic carbocycles. The summed E-state index contributed by atoms with van der Waals surface area (Å²) in [6.45, 7) is 3.96. The Kier molecular flexibility index (Phi) is 7.15. The molecule has 8 heteroatoms. The zero-order valence-electron chi connectivity index (χ0n) is 18.5. The molecule has 0 bridgehead atoms. The van der Waals surface area contributed by atoms with Crippen LogP contribution in [0.3, 0.4) is 0 Å². The number of rotatable bonds is 7. The molecule has 0 radical (unpaired) electrons. The van der Waals surface area contributed by atoms with Gasteiger partial charge in [-0.15, -0.1) is 10.2 Å². The first-order valence-electron chi connectivity index (χ1n) is 10.3. The summed E-state index contributed by atoms with van der Waals surface area (Å²) < 4.78 is 8.24. The quantitative estimate of drug-likeness (QED) is 0.299. The van der Waals surface area contributed by atoms with E-state index in [1.165, 1.54) is 11.8 Å². The van der Waals surface area contributed by atoms with Crippen molar-refractivity contribution in [1.29, 1.82) is 0 Å². The van der Waals surface area contributed by atoms with Crippen molar-refractivity contribution in [3.8, 4) is 22.8 Å². The predicted octanol–water partition coefficient (Wildman–Crippen LogP) is 6.05. The van der Waals surface area contributed by atoms with E-state index in [1.807, 2.05) is 85.1 Å². The summed E-state index contributed by atoms with van der Waals surface area (Å²) in [5.74, 6) is 1.59. The lowest BCUT2D eigenvalue weighted by Crippen LogP contribution is -2.16. The van der Waals surface area contributed by atoms with Crippen LogP contribution in [-0.4, -0.2) is 33.5 Å². The van der Waals surface area contributed by atoms with Crippen molar-refractivity contribution in [1.82, 2.24) is 14.8 Å². The van der Waals surface area contributed by atoms with Gasteiger partial charge in [-0.25, -0.2) is 0 Å². The number of carbonyl (C=O) groups is 1. The fraction of sp³-hybridized carbons (Fsp3) is 0.160. The van der Waals surface area contributed by atoms with E-state index in [0.717, 1.165) is 38.3 Å². The fourth-order valence-electron chi connectivity index (χ4n) is 3.52. The summed E-state index contributed by atoms with van der Waals surface area (Å²) in [4.78, 5) is 12.8. The standard InChI is InChI=1S/C25H23BrN4O2S/c1-16-13-19(26)14-17(2)23(16)27-22(31)15-33-25-29-28-24(18-7-5-4-6-8-18)30(25)20-9-11-21(32-3)12-10-20/h4-14H,15H2,1-3H3,(H,27,31). The Morgan fingerprint density at radius 3 is 2.33 bits per heavy atom. The molecule has 0 atom stereocenters. The van der Waals surface area contributed by atoms with Crippen molar-refractivity contribution in [2.75, 3.05) is 18.2 Å². The number of benzene rings is 3. The van der Waals surface area contributed by atoms with Gasteiger partial charge in [0.25, 0.3) is 0 Å². The Bertz CT molecular complexity index is 1250. The first kappa shape index (κ1) is 23.1. The lowest BCUT2D eigenvalue weighted by atomic mass is 10.1. The van der Waals surface area contributed by atoms with Gasteiger partial charge in [0, 0.05) is 21.4 Å². The Balaban J connectivity index is 1.60. The third kappa shape index (κ3) is 5.29. The molecule has 0 aliphatic heterocycles. The van der Waals surface area contributed by atoms with E-state index in [4.69, 9.17) is 4.74 Å². The fourth-order valence-corrected chi connectivity index (χ4v) is 4.95. The highest BCUT2D eigenvalue weighted by Gasteiger charge is 2.18. The van der Waals surface area contributed by atoms with Crippen LogP contribution in [0.4, 0.5) is 5.69 Å². The van der Waals surface area contributed by atoms with E-state index in [0.29, 0.717) is 11.0 Å². The molecule has 4 rings (SSSR count). The number of nitrogens with zero attached hydrogens (tertiary/aromatic N) is 3. The molecule has 6 nitrogen and oxygen atoms in total. The normalized spacial score (nSPS) is 10.8. The average molecular weight is 523 g/mol. The molecule has 1 N–H and O–H groups in total. The Hall–Kier alpha value is -3.10. The minimum absolute atomic E-state index is 0.0981. The maximum Gasteiger partial charge on any atom is 0.234 e. The first-order valence-corrected chi connectivity index (χ1v) is 12.1. The molecule has 0 aliphatic rings. The Morgan fingerprint density at radius 2 is 1.70 bits per heavy atom. The van der Waals surface area contributed by atoms with E-state index in [-0.39, 0.29) is 11.7 Å². The molecule has 0 saturated heterocycles. The summed E-state index contributed by atoms with van der Waals surface area (Å²) in [6.07, 6.45) is 0. The first-order chi connectivity index (χ1) is 16.0. The Labute approximate surface area is 205 Å². The highest BCUT2D eigenvalue weighted by atomic mass is 79.9. The lowest BCUT2D eigenvalue weighted by molar-refractivity contribution is -0.113. The highest BCUT2D eigenvalue weighted by molar-refractivity contribution is 9.10. The largest absolute Gasteiger partial charge is 0.497 e. The monoisotopic (exact) mass is 522 g/mol. The number of aromatic nitrogens is 3. The third-order valence-corrected chi connectivity index (χ3v) is 6.48.